The van der Waals surface area contributed by atoms with Gasteiger partial charge in [-0.05, 0) is 37.6 Å². The number of rotatable bonds is 6. The first-order chi connectivity index (χ1) is 16.7. The van der Waals surface area contributed by atoms with Crippen LogP contribution in [0.2, 0.25) is 0 Å². The molecule has 2 aromatic carbocycles. The number of carbonyl (C=O) groups is 1. The maximum atomic E-state index is 13.6. The third-order valence-corrected chi connectivity index (χ3v) is 5.47. The molecule has 0 bridgehead atoms. The fourth-order valence-electron chi connectivity index (χ4n) is 3.82. The second-order valence-electron chi connectivity index (χ2n) is 8.43. The molecule has 1 amide bonds. The van der Waals surface area contributed by atoms with Gasteiger partial charge in [-0.2, -0.15) is 23.5 Å². The zero-order valence-corrected chi connectivity index (χ0v) is 19.1. The Bertz CT molecular complexity index is 1390. The molecule has 4 rings (SSSR count). The number of hydrogen-bond donors (Lipinski definition) is 0. The molecule has 0 fully saturated rings. The predicted octanol–water partition coefficient (Wildman–Crippen LogP) is 5.76. The van der Waals surface area contributed by atoms with E-state index in [1.54, 1.807) is 16.8 Å². The molecule has 4 aromatic rings. The van der Waals surface area contributed by atoms with Crippen LogP contribution in [0.25, 0.3) is 22.3 Å². The van der Waals surface area contributed by atoms with E-state index < -0.39 is 18.6 Å². The van der Waals surface area contributed by atoms with Crippen molar-refractivity contribution in [1.29, 1.82) is 5.26 Å². The molecule has 6 nitrogen and oxygen atoms in total. The number of pyridine rings is 1. The van der Waals surface area contributed by atoms with Crippen LogP contribution in [0.5, 0.6) is 0 Å². The van der Waals surface area contributed by atoms with Gasteiger partial charge in [0.1, 0.15) is 6.54 Å². The molecule has 0 spiro atoms. The molecule has 0 unspecified atom stereocenters. The fourth-order valence-corrected chi connectivity index (χ4v) is 3.82. The normalized spacial score (nSPS) is 11.6. The Morgan fingerprint density at radius 1 is 1.11 bits per heavy atom. The third-order valence-electron chi connectivity index (χ3n) is 5.47. The van der Waals surface area contributed by atoms with Crippen LogP contribution in [0.3, 0.4) is 0 Å². The third kappa shape index (κ3) is 5.32. The summed E-state index contributed by atoms with van der Waals surface area (Å²) in [5, 5.41) is 13.7. The lowest BCUT2D eigenvalue weighted by Gasteiger charge is -2.25. The average Bonchev–Trinajstić information content (AvgIpc) is 3.27. The van der Waals surface area contributed by atoms with Crippen LogP contribution in [0, 0.1) is 11.3 Å². The molecule has 9 heteroatoms. The van der Waals surface area contributed by atoms with Crippen molar-refractivity contribution in [3.63, 3.8) is 0 Å². The van der Waals surface area contributed by atoms with E-state index in [2.05, 4.69) is 10.1 Å². The number of benzene rings is 2. The van der Waals surface area contributed by atoms with Crippen LogP contribution in [-0.4, -0.2) is 38.3 Å². The monoisotopic (exact) mass is 477 g/mol. The molecule has 0 N–H and O–H groups in total. The Labute approximate surface area is 200 Å². The molecule has 0 saturated carbocycles. The highest BCUT2D eigenvalue weighted by Gasteiger charge is 2.34. The molecule has 0 atom stereocenters. The van der Waals surface area contributed by atoms with Gasteiger partial charge in [-0.3, -0.25) is 4.79 Å². The number of carbonyl (C=O) groups excluding carboxylic acids is 1. The summed E-state index contributed by atoms with van der Waals surface area (Å²) in [7, 11) is 0. The number of hydrogen-bond acceptors (Lipinski definition) is 4. The fraction of sp³-hybridized carbons (Fsp3) is 0.231. The van der Waals surface area contributed by atoms with Gasteiger partial charge in [-0.1, -0.05) is 42.5 Å². The van der Waals surface area contributed by atoms with E-state index in [4.69, 9.17) is 5.26 Å². The SMILES string of the molecule is CC(C)n1ncc2c(C(=O)N(Cc3ccc(C#N)cc3)CC(F)(F)F)cc(-c3ccccc3)nc21. The molecular formula is C26H22F3N5O. The minimum atomic E-state index is -4.60. The minimum absolute atomic E-state index is 0.0705. The maximum absolute atomic E-state index is 13.6. The van der Waals surface area contributed by atoms with Gasteiger partial charge in [0.25, 0.3) is 5.91 Å². The van der Waals surface area contributed by atoms with Crippen molar-refractivity contribution < 1.29 is 18.0 Å². The largest absolute Gasteiger partial charge is 0.406 e. The summed E-state index contributed by atoms with van der Waals surface area (Å²) >= 11 is 0. The molecule has 0 aliphatic carbocycles. The van der Waals surface area contributed by atoms with E-state index in [-0.39, 0.29) is 18.2 Å². The highest BCUT2D eigenvalue weighted by molar-refractivity contribution is 6.06. The Morgan fingerprint density at radius 2 is 1.80 bits per heavy atom. The number of nitriles is 1. The number of fused-ring (bicyclic) bond motifs is 1. The lowest BCUT2D eigenvalue weighted by atomic mass is 10.1. The number of alkyl halides is 3. The lowest BCUT2D eigenvalue weighted by molar-refractivity contribution is -0.141. The van der Waals surface area contributed by atoms with E-state index in [1.165, 1.54) is 24.4 Å². The first-order valence-corrected chi connectivity index (χ1v) is 10.9. The van der Waals surface area contributed by atoms with Crippen molar-refractivity contribution in [1.82, 2.24) is 19.7 Å². The molecular weight excluding hydrogens is 455 g/mol. The average molecular weight is 477 g/mol. The zero-order valence-electron chi connectivity index (χ0n) is 19.1. The standard InChI is InChI=1S/C26H22F3N5O/c1-17(2)34-24-22(14-31-34)21(12-23(32-24)20-6-4-3-5-7-20)25(35)33(16-26(27,28)29)15-19-10-8-18(13-30)9-11-19/h3-12,14,17H,15-16H2,1-2H3. The summed E-state index contributed by atoms with van der Waals surface area (Å²) in [6.07, 6.45) is -3.13. The van der Waals surface area contributed by atoms with Gasteiger partial charge in [-0.25, -0.2) is 9.67 Å². The van der Waals surface area contributed by atoms with Crippen LogP contribution < -0.4 is 0 Å². The summed E-state index contributed by atoms with van der Waals surface area (Å²) in [5.41, 5.74) is 2.58. The Morgan fingerprint density at radius 3 is 2.40 bits per heavy atom. The van der Waals surface area contributed by atoms with Crippen LogP contribution in [0.1, 0.15) is 41.4 Å². The van der Waals surface area contributed by atoms with Crippen molar-refractivity contribution in [3.8, 4) is 17.3 Å². The topological polar surface area (TPSA) is 74.8 Å². The van der Waals surface area contributed by atoms with Gasteiger partial charge in [-0.15, -0.1) is 0 Å². The molecule has 0 aliphatic rings. The first kappa shape index (κ1) is 24.0. The van der Waals surface area contributed by atoms with E-state index >= 15 is 0 Å². The van der Waals surface area contributed by atoms with E-state index in [1.807, 2.05) is 50.2 Å². The second kappa shape index (κ2) is 9.58. The Hall–Kier alpha value is -4.19. The van der Waals surface area contributed by atoms with E-state index in [0.717, 1.165) is 10.5 Å². The van der Waals surface area contributed by atoms with E-state index in [0.29, 0.717) is 27.9 Å². The van der Waals surface area contributed by atoms with Crippen LogP contribution in [0.15, 0.2) is 66.9 Å². The first-order valence-electron chi connectivity index (χ1n) is 10.9. The van der Waals surface area contributed by atoms with E-state index in [9.17, 15) is 18.0 Å². The molecule has 0 radical (unpaired) electrons. The van der Waals surface area contributed by atoms with Gasteiger partial charge in [0.15, 0.2) is 5.65 Å². The highest BCUT2D eigenvalue weighted by atomic mass is 19.4. The van der Waals surface area contributed by atoms with Crippen molar-refractivity contribution in [2.45, 2.75) is 32.6 Å². The Balaban J connectivity index is 1.83. The molecule has 35 heavy (non-hydrogen) atoms. The maximum Gasteiger partial charge on any atom is 0.406 e. The summed E-state index contributed by atoms with van der Waals surface area (Å²) in [6.45, 7) is 2.12. The van der Waals surface area contributed by atoms with Crippen molar-refractivity contribution in [3.05, 3.63) is 83.6 Å². The quantitative estimate of drug-likeness (QED) is 0.354. The van der Waals surface area contributed by atoms with Crippen molar-refractivity contribution >= 4 is 16.9 Å². The highest BCUT2D eigenvalue weighted by Crippen LogP contribution is 2.29. The van der Waals surface area contributed by atoms with Crippen LogP contribution >= 0.6 is 0 Å². The molecule has 178 valence electrons. The van der Waals surface area contributed by atoms with Gasteiger partial charge in [0, 0.05) is 18.2 Å². The smallest absolute Gasteiger partial charge is 0.325 e. The van der Waals surface area contributed by atoms with Gasteiger partial charge < -0.3 is 4.90 Å². The number of halogens is 3. The van der Waals surface area contributed by atoms with Gasteiger partial charge >= 0.3 is 6.18 Å². The van der Waals surface area contributed by atoms with Crippen molar-refractivity contribution in [2.24, 2.45) is 0 Å². The summed E-state index contributed by atoms with van der Waals surface area (Å²) in [4.78, 5) is 19.1. The number of aromatic nitrogens is 3. The Kier molecular flexibility index (Phi) is 6.56. The summed E-state index contributed by atoms with van der Waals surface area (Å²) in [5.74, 6) is -0.778. The summed E-state index contributed by atoms with van der Waals surface area (Å²) in [6, 6.07) is 18.7. The molecule has 0 saturated heterocycles. The molecule has 2 heterocycles. The number of amides is 1. The predicted molar refractivity (Wildman–Crippen MR) is 125 cm³/mol. The second-order valence-corrected chi connectivity index (χ2v) is 8.43. The minimum Gasteiger partial charge on any atom is -0.325 e. The summed E-state index contributed by atoms with van der Waals surface area (Å²) < 4.78 is 42.2. The van der Waals surface area contributed by atoms with Crippen LogP contribution in [0.4, 0.5) is 13.2 Å². The van der Waals surface area contributed by atoms with Crippen molar-refractivity contribution in [2.75, 3.05) is 6.54 Å². The van der Waals surface area contributed by atoms with Crippen LogP contribution in [-0.2, 0) is 6.54 Å². The van der Waals surface area contributed by atoms with Gasteiger partial charge in [0.2, 0.25) is 0 Å². The zero-order chi connectivity index (χ0) is 25.2. The molecule has 0 aliphatic heterocycles. The van der Waals surface area contributed by atoms with Gasteiger partial charge in [0.05, 0.1) is 34.5 Å². The number of nitrogens with zero attached hydrogens (tertiary/aromatic N) is 5. The molecule has 2 aromatic heterocycles. The lowest BCUT2D eigenvalue weighted by Crippen LogP contribution is -2.38.